The maximum absolute atomic E-state index is 13.7. The Balaban J connectivity index is 1.88. The summed E-state index contributed by atoms with van der Waals surface area (Å²) in [6.45, 7) is 0.591. The highest BCUT2D eigenvalue weighted by molar-refractivity contribution is 7.89. The topological polar surface area (TPSA) is 87.7 Å². The highest BCUT2D eigenvalue weighted by Crippen LogP contribution is 2.30. The van der Waals surface area contributed by atoms with Gasteiger partial charge in [-0.2, -0.15) is 4.31 Å². The Bertz CT molecular complexity index is 1110. The first-order valence-electron chi connectivity index (χ1n) is 8.85. The zero-order valence-electron chi connectivity index (χ0n) is 15.9. The second-order valence-corrected chi connectivity index (χ2v) is 8.41. The molecule has 1 saturated heterocycles. The van der Waals surface area contributed by atoms with Crippen LogP contribution in [0.1, 0.15) is 23.2 Å². The highest BCUT2D eigenvalue weighted by atomic mass is 32.2. The molecule has 1 fully saturated rings. The van der Waals surface area contributed by atoms with Crippen molar-refractivity contribution >= 4 is 21.6 Å². The molecule has 168 valence electrons. The molecule has 2 aromatic rings. The summed E-state index contributed by atoms with van der Waals surface area (Å²) in [7, 11) is -2.75. The summed E-state index contributed by atoms with van der Waals surface area (Å²) >= 11 is 0. The first kappa shape index (κ1) is 22.7. The van der Waals surface area contributed by atoms with E-state index in [0.29, 0.717) is 25.9 Å². The average Bonchev–Trinajstić information content (AvgIpc) is 3.31. The maximum atomic E-state index is 13.7. The first-order chi connectivity index (χ1) is 14.6. The molecule has 31 heavy (non-hydrogen) atoms. The number of nitrogens with one attached hydrogen (secondary N) is 2. The van der Waals surface area contributed by atoms with Gasteiger partial charge >= 0.3 is 0 Å². The van der Waals surface area contributed by atoms with Crippen LogP contribution in [-0.4, -0.2) is 38.8 Å². The van der Waals surface area contributed by atoms with Crippen molar-refractivity contribution in [1.82, 2.24) is 9.73 Å². The minimum Gasteiger partial charge on any atom is -0.495 e. The van der Waals surface area contributed by atoms with Gasteiger partial charge in [-0.1, -0.05) is 0 Å². The second kappa shape index (κ2) is 8.67. The standard InChI is InChI=1S/C18H16F5N3O4S/c1-30-10-5-4-9(8-11(10)31(28,29)26-6-2-3-7-26)18(27)25-24-17-15(22)13(20)12(19)14(21)16(17)23/h4-5,8,24H,2-3,6-7H2,1H3,(H,25,27). The Morgan fingerprint density at radius 2 is 1.52 bits per heavy atom. The van der Waals surface area contributed by atoms with Gasteiger partial charge in [0.05, 0.1) is 7.11 Å². The van der Waals surface area contributed by atoms with Gasteiger partial charge in [-0.05, 0) is 31.0 Å². The molecule has 3 rings (SSSR count). The van der Waals surface area contributed by atoms with Gasteiger partial charge < -0.3 is 4.74 Å². The van der Waals surface area contributed by atoms with Gasteiger partial charge in [0, 0.05) is 18.7 Å². The van der Waals surface area contributed by atoms with Crippen molar-refractivity contribution in [2.24, 2.45) is 0 Å². The molecular formula is C18H16F5N3O4S. The fourth-order valence-corrected chi connectivity index (χ4v) is 4.69. The van der Waals surface area contributed by atoms with Crippen LogP contribution in [0, 0.1) is 29.1 Å². The molecule has 7 nitrogen and oxygen atoms in total. The number of methoxy groups -OCH3 is 1. The molecule has 2 aromatic carbocycles. The zero-order chi connectivity index (χ0) is 22.9. The van der Waals surface area contributed by atoms with Crippen molar-refractivity contribution in [3.63, 3.8) is 0 Å². The average molecular weight is 465 g/mol. The molecule has 0 bridgehead atoms. The number of hydrazine groups is 1. The number of hydrogen-bond donors (Lipinski definition) is 2. The van der Waals surface area contributed by atoms with E-state index in [9.17, 15) is 35.2 Å². The molecular weight excluding hydrogens is 449 g/mol. The molecule has 0 saturated carbocycles. The van der Waals surface area contributed by atoms with Crippen molar-refractivity contribution in [1.29, 1.82) is 0 Å². The van der Waals surface area contributed by atoms with Crippen molar-refractivity contribution in [3.05, 3.63) is 52.8 Å². The lowest BCUT2D eigenvalue weighted by atomic mass is 10.2. The van der Waals surface area contributed by atoms with Crippen LogP contribution in [0.4, 0.5) is 27.6 Å². The Morgan fingerprint density at radius 1 is 0.968 bits per heavy atom. The molecule has 1 aliphatic rings. The van der Waals surface area contributed by atoms with E-state index in [1.165, 1.54) is 17.5 Å². The molecule has 13 heteroatoms. The number of carbonyl (C=O) groups is 1. The molecule has 0 aliphatic carbocycles. The van der Waals surface area contributed by atoms with Gasteiger partial charge in [-0.15, -0.1) is 0 Å². The summed E-state index contributed by atoms with van der Waals surface area (Å²) in [6.07, 6.45) is 1.35. The largest absolute Gasteiger partial charge is 0.495 e. The Morgan fingerprint density at radius 3 is 2.06 bits per heavy atom. The van der Waals surface area contributed by atoms with Crippen LogP contribution in [0.2, 0.25) is 0 Å². The summed E-state index contributed by atoms with van der Waals surface area (Å²) < 4.78 is 99.0. The fraction of sp³-hybridized carbons (Fsp3) is 0.278. The lowest BCUT2D eigenvalue weighted by Gasteiger charge is -2.18. The van der Waals surface area contributed by atoms with Gasteiger partial charge in [0.2, 0.25) is 15.8 Å². The molecule has 0 radical (unpaired) electrons. The summed E-state index contributed by atoms with van der Waals surface area (Å²) in [4.78, 5) is 12.0. The Hall–Kier alpha value is -2.93. The molecule has 1 heterocycles. The second-order valence-electron chi connectivity index (χ2n) is 6.50. The van der Waals surface area contributed by atoms with E-state index in [-0.39, 0.29) is 16.2 Å². The zero-order valence-corrected chi connectivity index (χ0v) is 16.8. The maximum Gasteiger partial charge on any atom is 0.269 e. The number of benzene rings is 2. The third-order valence-electron chi connectivity index (χ3n) is 4.62. The van der Waals surface area contributed by atoms with Crippen LogP contribution >= 0.6 is 0 Å². The van der Waals surface area contributed by atoms with Gasteiger partial charge in [0.15, 0.2) is 23.3 Å². The normalized spacial score (nSPS) is 14.5. The van der Waals surface area contributed by atoms with Gasteiger partial charge in [0.25, 0.3) is 5.91 Å². The van der Waals surface area contributed by atoms with E-state index in [1.54, 1.807) is 10.9 Å². The first-order valence-corrected chi connectivity index (χ1v) is 10.3. The lowest BCUT2D eigenvalue weighted by molar-refractivity contribution is 0.0962. The SMILES string of the molecule is COc1ccc(C(=O)NNc2c(F)c(F)c(F)c(F)c2F)cc1S(=O)(=O)N1CCCC1. The number of rotatable bonds is 6. The molecule has 0 spiro atoms. The predicted octanol–water partition coefficient (Wildman–Crippen LogP) is 2.93. The number of amides is 1. The molecule has 2 N–H and O–H groups in total. The van der Waals surface area contributed by atoms with Crippen molar-refractivity contribution < 1.29 is 39.9 Å². The molecule has 1 aliphatic heterocycles. The summed E-state index contributed by atoms with van der Waals surface area (Å²) in [6, 6.07) is 3.36. The fourth-order valence-electron chi connectivity index (χ4n) is 2.99. The van der Waals surface area contributed by atoms with E-state index in [0.717, 1.165) is 12.1 Å². The Labute approximate surface area is 173 Å². The number of anilines is 1. The third kappa shape index (κ3) is 4.14. The summed E-state index contributed by atoms with van der Waals surface area (Å²) in [5.41, 5.74) is 1.69. The van der Waals surface area contributed by atoms with Crippen LogP contribution in [0.5, 0.6) is 5.75 Å². The number of halogens is 5. The number of carbonyl (C=O) groups excluding carboxylic acids is 1. The van der Waals surface area contributed by atoms with Crippen LogP contribution in [0.15, 0.2) is 23.1 Å². The van der Waals surface area contributed by atoms with E-state index >= 15 is 0 Å². The van der Waals surface area contributed by atoms with Crippen molar-refractivity contribution in [2.75, 3.05) is 25.6 Å². The molecule has 0 aromatic heterocycles. The smallest absolute Gasteiger partial charge is 0.269 e. The number of ether oxygens (including phenoxy) is 1. The van der Waals surface area contributed by atoms with E-state index in [4.69, 9.17) is 4.74 Å². The monoisotopic (exact) mass is 465 g/mol. The number of hydrogen-bond acceptors (Lipinski definition) is 5. The third-order valence-corrected chi connectivity index (χ3v) is 6.54. The van der Waals surface area contributed by atoms with E-state index < -0.39 is 50.7 Å². The molecule has 0 atom stereocenters. The van der Waals surface area contributed by atoms with Gasteiger partial charge in [0.1, 0.15) is 16.3 Å². The Kier molecular flexibility index (Phi) is 6.36. The van der Waals surface area contributed by atoms with E-state index in [2.05, 4.69) is 0 Å². The minimum absolute atomic E-state index is 0.0313. The van der Waals surface area contributed by atoms with Crippen LogP contribution < -0.4 is 15.6 Å². The van der Waals surface area contributed by atoms with Crippen LogP contribution in [-0.2, 0) is 10.0 Å². The van der Waals surface area contributed by atoms with Crippen LogP contribution in [0.3, 0.4) is 0 Å². The quantitative estimate of drug-likeness (QED) is 0.297. The molecule has 0 unspecified atom stereocenters. The minimum atomic E-state index is -3.99. The van der Waals surface area contributed by atoms with Crippen LogP contribution in [0.25, 0.3) is 0 Å². The predicted molar refractivity (Wildman–Crippen MR) is 98.3 cm³/mol. The number of nitrogens with zero attached hydrogens (tertiary/aromatic N) is 1. The summed E-state index contributed by atoms with van der Waals surface area (Å²) in [5.74, 6) is -12.2. The number of sulfonamides is 1. The van der Waals surface area contributed by atoms with Crippen molar-refractivity contribution in [3.8, 4) is 5.75 Å². The van der Waals surface area contributed by atoms with Gasteiger partial charge in [-0.3, -0.25) is 15.6 Å². The van der Waals surface area contributed by atoms with Crippen molar-refractivity contribution in [2.45, 2.75) is 17.7 Å². The highest BCUT2D eigenvalue weighted by Gasteiger charge is 2.31. The summed E-state index contributed by atoms with van der Waals surface area (Å²) in [5, 5.41) is 0. The van der Waals surface area contributed by atoms with Gasteiger partial charge in [-0.25, -0.2) is 30.4 Å². The van der Waals surface area contributed by atoms with E-state index in [1.807, 2.05) is 0 Å². The molecule has 1 amide bonds. The lowest BCUT2D eigenvalue weighted by Crippen LogP contribution is -2.32.